The number of hydrogen-bond donors (Lipinski definition) is 2. The van der Waals surface area contributed by atoms with Gasteiger partial charge >= 0.3 is 18.0 Å². The van der Waals surface area contributed by atoms with E-state index in [0.29, 0.717) is 19.4 Å². The lowest BCUT2D eigenvalue weighted by Gasteiger charge is -2.07. The molecule has 0 heterocycles. The van der Waals surface area contributed by atoms with E-state index in [9.17, 15) is 14.4 Å². The second kappa shape index (κ2) is 10.8. The normalized spacial score (nSPS) is 9.65. The summed E-state index contributed by atoms with van der Waals surface area (Å²) < 4.78 is 9.50. The maximum absolute atomic E-state index is 11.2. The molecular formula is C13H21NO6. The monoisotopic (exact) mass is 287 g/mol. The summed E-state index contributed by atoms with van der Waals surface area (Å²) in [6.07, 6.45) is 1.55. The van der Waals surface area contributed by atoms with E-state index < -0.39 is 18.0 Å². The van der Waals surface area contributed by atoms with Crippen LogP contribution in [0.2, 0.25) is 0 Å². The molecular weight excluding hydrogens is 266 g/mol. The molecule has 7 nitrogen and oxygen atoms in total. The van der Waals surface area contributed by atoms with Crippen LogP contribution in [0, 0.1) is 0 Å². The zero-order valence-electron chi connectivity index (χ0n) is 11.6. The van der Waals surface area contributed by atoms with Crippen molar-refractivity contribution in [3.05, 3.63) is 12.2 Å². The molecule has 0 rings (SSSR count). The van der Waals surface area contributed by atoms with Crippen LogP contribution in [0.25, 0.3) is 0 Å². The number of carbonyl (C=O) groups is 3. The Kier molecular flexibility index (Phi) is 9.72. The number of esters is 1. The highest BCUT2D eigenvalue weighted by Gasteiger charge is 2.04. The van der Waals surface area contributed by atoms with Crippen LogP contribution in [0.4, 0.5) is 4.79 Å². The molecule has 0 saturated carbocycles. The predicted octanol–water partition coefficient (Wildman–Crippen LogP) is 1.48. The molecule has 0 radical (unpaired) electrons. The van der Waals surface area contributed by atoms with Gasteiger partial charge in [0.25, 0.3) is 0 Å². The average molecular weight is 287 g/mol. The van der Waals surface area contributed by atoms with Gasteiger partial charge in [-0.3, -0.25) is 4.79 Å². The maximum Gasteiger partial charge on any atom is 0.407 e. The van der Waals surface area contributed by atoms with Crippen molar-refractivity contribution in [2.24, 2.45) is 0 Å². The summed E-state index contributed by atoms with van der Waals surface area (Å²) >= 11 is 0. The topological polar surface area (TPSA) is 102 Å². The van der Waals surface area contributed by atoms with Gasteiger partial charge in [0.15, 0.2) is 0 Å². The number of nitrogens with one attached hydrogen (secondary N) is 1. The zero-order valence-corrected chi connectivity index (χ0v) is 11.6. The van der Waals surface area contributed by atoms with Crippen molar-refractivity contribution in [2.75, 3.05) is 19.8 Å². The third-order valence-electron chi connectivity index (χ3n) is 2.23. The van der Waals surface area contributed by atoms with Crippen molar-refractivity contribution < 1.29 is 29.0 Å². The van der Waals surface area contributed by atoms with Crippen LogP contribution in [0.1, 0.15) is 32.6 Å². The molecule has 0 aliphatic carbocycles. The van der Waals surface area contributed by atoms with Crippen LogP contribution in [0.15, 0.2) is 12.2 Å². The Hall–Kier alpha value is -2.05. The molecule has 0 bridgehead atoms. The Morgan fingerprint density at radius 3 is 2.35 bits per heavy atom. The van der Waals surface area contributed by atoms with Gasteiger partial charge in [-0.25, -0.2) is 9.59 Å². The van der Waals surface area contributed by atoms with Crippen molar-refractivity contribution >= 4 is 18.0 Å². The van der Waals surface area contributed by atoms with Gasteiger partial charge in [0.1, 0.15) is 13.2 Å². The molecule has 0 unspecified atom stereocenters. The molecule has 0 aromatic heterocycles. The molecule has 7 heteroatoms. The lowest BCUT2D eigenvalue weighted by molar-refractivity contribution is -0.140. The van der Waals surface area contributed by atoms with Crippen molar-refractivity contribution in [2.45, 2.75) is 32.6 Å². The molecule has 0 saturated heterocycles. The van der Waals surface area contributed by atoms with Crippen molar-refractivity contribution in [1.82, 2.24) is 5.32 Å². The molecule has 0 aromatic rings. The van der Waals surface area contributed by atoms with E-state index >= 15 is 0 Å². The summed E-state index contributed by atoms with van der Waals surface area (Å²) in [4.78, 5) is 32.4. The number of ether oxygens (including phenoxy) is 2. The van der Waals surface area contributed by atoms with Gasteiger partial charge in [-0.15, -0.1) is 0 Å². The molecule has 20 heavy (non-hydrogen) atoms. The van der Waals surface area contributed by atoms with Gasteiger partial charge in [0.05, 0.1) is 0 Å². The number of carbonyl (C=O) groups excluding carboxylic acids is 2. The molecule has 0 fully saturated rings. The van der Waals surface area contributed by atoms with Gasteiger partial charge in [0.2, 0.25) is 0 Å². The third-order valence-corrected chi connectivity index (χ3v) is 2.23. The summed E-state index contributed by atoms with van der Waals surface area (Å²) in [5.74, 6) is -1.34. The number of rotatable bonds is 10. The van der Waals surface area contributed by atoms with E-state index in [1.165, 1.54) is 6.92 Å². The van der Waals surface area contributed by atoms with Gasteiger partial charge in [-0.05, 0) is 19.8 Å². The summed E-state index contributed by atoms with van der Waals surface area (Å²) in [6, 6.07) is 0. The number of carboxylic acid groups (broad SMARTS) is 1. The highest BCUT2D eigenvalue weighted by Crippen LogP contribution is 1.98. The minimum absolute atomic E-state index is 0.0161. The Labute approximate surface area is 117 Å². The zero-order chi connectivity index (χ0) is 15.4. The molecule has 0 atom stereocenters. The molecule has 0 aliphatic rings. The average Bonchev–Trinajstić information content (AvgIpc) is 2.37. The Morgan fingerprint density at radius 1 is 1.10 bits per heavy atom. The second-order valence-corrected chi connectivity index (χ2v) is 4.18. The van der Waals surface area contributed by atoms with Crippen LogP contribution < -0.4 is 5.32 Å². The van der Waals surface area contributed by atoms with E-state index in [-0.39, 0.29) is 25.2 Å². The quantitative estimate of drug-likeness (QED) is 0.358. The first-order chi connectivity index (χ1) is 9.43. The van der Waals surface area contributed by atoms with Gasteiger partial charge < -0.3 is 19.9 Å². The van der Waals surface area contributed by atoms with E-state index in [2.05, 4.69) is 11.9 Å². The molecule has 2 N–H and O–H groups in total. The van der Waals surface area contributed by atoms with E-state index in [1.54, 1.807) is 0 Å². The Balaban J connectivity index is 3.39. The van der Waals surface area contributed by atoms with Crippen molar-refractivity contribution in [3.63, 3.8) is 0 Å². The van der Waals surface area contributed by atoms with Crippen LogP contribution in [-0.2, 0) is 19.1 Å². The highest BCUT2D eigenvalue weighted by molar-refractivity contribution is 5.86. The highest BCUT2D eigenvalue weighted by atomic mass is 16.6. The first-order valence-corrected chi connectivity index (χ1v) is 6.38. The van der Waals surface area contributed by atoms with Crippen LogP contribution in [-0.4, -0.2) is 42.9 Å². The van der Waals surface area contributed by atoms with Crippen LogP contribution >= 0.6 is 0 Å². The van der Waals surface area contributed by atoms with Crippen LogP contribution in [0.3, 0.4) is 0 Å². The molecule has 0 spiro atoms. The summed E-state index contributed by atoms with van der Waals surface area (Å²) in [5.41, 5.74) is 0.288. The second-order valence-electron chi connectivity index (χ2n) is 4.18. The fraction of sp³-hybridized carbons (Fsp3) is 0.615. The number of hydrogen-bond acceptors (Lipinski definition) is 5. The molecule has 1 amide bonds. The van der Waals surface area contributed by atoms with Crippen molar-refractivity contribution in [3.8, 4) is 0 Å². The largest absolute Gasteiger partial charge is 0.481 e. The summed E-state index contributed by atoms with van der Waals surface area (Å²) in [5, 5.41) is 10.9. The maximum atomic E-state index is 11.2. The number of unbranched alkanes of at least 4 members (excludes halogenated alkanes) is 2. The lowest BCUT2D eigenvalue weighted by Crippen LogP contribution is -2.27. The number of amides is 1. The number of alkyl carbamates (subject to hydrolysis) is 1. The molecule has 0 aliphatic heterocycles. The first-order valence-electron chi connectivity index (χ1n) is 6.38. The lowest BCUT2D eigenvalue weighted by atomic mass is 10.2. The van der Waals surface area contributed by atoms with E-state index in [0.717, 1.165) is 6.42 Å². The number of carboxylic acids is 1. The third kappa shape index (κ3) is 11.1. The summed E-state index contributed by atoms with van der Waals surface area (Å²) in [6.45, 7) is 5.32. The first kappa shape index (κ1) is 17.9. The Bertz CT molecular complexity index is 353. The molecule has 0 aromatic carbocycles. The van der Waals surface area contributed by atoms with E-state index in [1.807, 2.05) is 0 Å². The summed E-state index contributed by atoms with van der Waals surface area (Å²) in [7, 11) is 0. The predicted molar refractivity (Wildman–Crippen MR) is 71.2 cm³/mol. The molecule has 114 valence electrons. The Morgan fingerprint density at radius 2 is 1.75 bits per heavy atom. The van der Waals surface area contributed by atoms with E-state index in [4.69, 9.17) is 14.6 Å². The fourth-order valence-corrected chi connectivity index (χ4v) is 1.21. The standard InChI is InChI=1S/C13H21NO6/c1-10(2)12(17)19-8-9-20-13(18)14-7-5-3-4-6-11(15)16/h1,3-9H2,2H3,(H,14,18)(H,15,16). The van der Waals surface area contributed by atoms with Crippen molar-refractivity contribution in [1.29, 1.82) is 0 Å². The minimum atomic E-state index is -0.818. The van der Waals surface area contributed by atoms with Gasteiger partial charge in [0, 0.05) is 18.5 Å². The van der Waals surface area contributed by atoms with Crippen LogP contribution in [0.5, 0.6) is 0 Å². The fourth-order valence-electron chi connectivity index (χ4n) is 1.21. The SMILES string of the molecule is C=C(C)C(=O)OCCOC(=O)NCCCCCC(=O)O. The number of aliphatic carboxylic acids is 1. The minimum Gasteiger partial charge on any atom is -0.481 e. The smallest absolute Gasteiger partial charge is 0.407 e. The van der Waals surface area contributed by atoms with Gasteiger partial charge in [-0.2, -0.15) is 0 Å². The van der Waals surface area contributed by atoms with Gasteiger partial charge in [-0.1, -0.05) is 13.0 Å².